The molecule has 1 aromatic heterocycles. The van der Waals surface area contributed by atoms with E-state index in [9.17, 15) is 5.26 Å². The van der Waals surface area contributed by atoms with Crippen LogP contribution in [-0.4, -0.2) is 23.4 Å². The van der Waals surface area contributed by atoms with Gasteiger partial charge >= 0.3 is 0 Å². The number of hydrogen-bond acceptors (Lipinski definition) is 6. The van der Waals surface area contributed by atoms with Crippen molar-refractivity contribution in [2.75, 3.05) is 13.2 Å². The van der Waals surface area contributed by atoms with E-state index in [1.807, 2.05) is 62.4 Å². The molecule has 0 radical (unpaired) electrons. The highest BCUT2D eigenvalue weighted by Crippen LogP contribution is 2.47. The minimum absolute atomic E-state index is 0.0473. The molecule has 2 aromatic carbocycles. The zero-order valence-electron chi connectivity index (χ0n) is 16.8. The topological polar surface area (TPSA) is 106 Å². The number of aromatic amines is 1. The first-order valence-corrected chi connectivity index (χ1v) is 9.78. The van der Waals surface area contributed by atoms with Gasteiger partial charge in [-0.1, -0.05) is 18.2 Å². The molecule has 1 unspecified atom stereocenters. The van der Waals surface area contributed by atoms with Gasteiger partial charge in [0.2, 0.25) is 11.8 Å². The van der Waals surface area contributed by atoms with Crippen molar-refractivity contribution in [2.45, 2.75) is 19.8 Å². The van der Waals surface area contributed by atoms with Gasteiger partial charge in [-0.15, -0.1) is 5.10 Å². The molecule has 0 spiro atoms. The largest absolute Gasteiger partial charge is 0.494 e. The molecule has 1 aliphatic heterocycles. The number of hydrogen-bond donors (Lipinski definition) is 2. The molecule has 2 heterocycles. The highest BCUT2D eigenvalue weighted by Gasteiger charge is 2.37. The van der Waals surface area contributed by atoms with Gasteiger partial charge in [-0.2, -0.15) is 5.26 Å². The number of benzene rings is 2. The number of rotatable bonds is 6. The number of H-pyrrole nitrogens is 1. The lowest BCUT2D eigenvalue weighted by Crippen LogP contribution is -2.21. The molecule has 0 fully saturated rings. The number of para-hydroxylation sites is 1. The van der Waals surface area contributed by atoms with Crippen LogP contribution in [-0.2, 0) is 0 Å². The number of nitrogens with one attached hydrogen (secondary N) is 1. The van der Waals surface area contributed by atoms with Gasteiger partial charge in [-0.05, 0) is 44.2 Å². The smallest absolute Gasteiger partial charge is 0.244 e. The summed E-state index contributed by atoms with van der Waals surface area (Å²) in [4.78, 5) is 0. The molecule has 0 saturated heterocycles. The Balaban J connectivity index is 1.88. The van der Waals surface area contributed by atoms with E-state index in [0.29, 0.717) is 30.4 Å². The maximum Gasteiger partial charge on any atom is 0.244 e. The first-order valence-electron chi connectivity index (χ1n) is 9.78. The lowest BCUT2D eigenvalue weighted by molar-refractivity contribution is 0.334. The summed E-state index contributed by atoms with van der Waals surface area (Å²) in [6.45, 7) is 4.96. The van der Waals surface area contributed by atoms with Gasteiger partial charge in [-0.25, -0.2) is 0 Å². The zero-order chi connectivity index (χ0) is 21.1. The van der Waals surface area contributed by atoms with E-state index >= 15 is 0 Å². The molecule has 152 valence electrons. The SMILES string of the molecule is CCOc1ccc(-c2[nH]nc3c2C(c2ccccc2OCC)C(C#N)=C(N)O3)cc1. The molecule has 30 heavy (non-hydrogen) atoms. The van der Waals surface area contributed by atoms with Crippen molar-refractivity contribution < 1.29 is 14.2 Å². The molecule has 7 heteroatoms. The molecule has 1 aliphatic rings. The normalized spacial score (nSPS) is 15.2. The van der Waals surface area contributed by atoms with E-state index in [0.717, 1.165) is 28.1 Å². The summed E-state index contributed by atoms with van der Waals surface area (Å²) in [7, 11) is 0. The van der Waals surface area contributed by atoms with Crippen molar-refractivity contribution in [1.82, 2.24) is 10.2 Å². The first-order chi connectivity index (χ1) is 14.7. The molecule has 0 aliphatic carbocycles. The third-order valence-electron chi connectivity index (χ3n) is 4.92. The van der Waals surface area contributed by atoms with Gasteiger partial charge in [-0.3, -0.25) is 5.10 Å². The zero-order valence-corrected chi connectivity index (χ0v) is 16.8. The van der Waals surface area contributed by atoms with Gasteiger partial charge in [0, 0.05) is 11.1 Å². The van der Waals surface area contributed by atoms with Crippen molar-refractivity contribution in [1.29, 1.82) is 5.26 Å². The van der Waals surface area contributed by atoms with Crippen LogP contribution in [0, 0.1) is 11.3 Å². The van der Waals surface area contributed by atoms with E-state index in [4.69, 9.17) is 19.9 Å². The second kappa shape index (κ2) is 8.21. The number of allylic oxidation sites excluding steroid dienone is 1. The van der Waals surface area contributed by atoms with E-state index in [-0.39, 0.29) is 5.88 Å². The fourth-order valence-electron chi connectivity index (χ4n) is 3.67. The van der Waals surface area contributed by atoms with Gasteiger partial charge < -0.3 is 19.9 Å². The van der Waals surface area contributed by atoms with E-state index in [1.54, 1.807) is 0 Å². The van der Waals surface area contributed by atoms with Gasteiger partial charge in [0.15, 0.2) is 0 Å². The Morgan fingerprint density at radius 3 is 2.53 bits per heavy atom. The Kier molecular flexibility index (Phi) is 5.31. The lowest BCUT2D eigenvalue weighted by Gasteiger charge is -2.25. The summed E-state index contributed by atoms with van der Waals surface area (Å²) in [6.07, 6.45) is 0. The van der Waals surface area contributed by atoms with E-state index < -0.39 is 5.92 Å². The van der Waals surface area contributed by atoms with Crippen LogP contribution in [0.3, 0.4) is 0 Å². The standard InChI is InChI=1S/C23H22N4O3/c1-3-28-15-11-9-14(10-12-15)21-20-19(16-7-5-6-8-18(16)29-4-2)17(13-24)22(25)30-23(20)27-26-21/h5-12,19H,3-4,25H2,1-2H3,(H,26,27). The maximum absolute atomic E-state index is 9.88. The highest BCUT2D eigenvalue weighted by molar-refractivity contribution is 5.72. The Hall–Kier alpha value is -3.92. The fraction of sp³-hybridized carbons (Fsp3) is 0.217. The maximum atomic E-state index is 9.88. The molecule has 3 aromatic rings. The number of ether oxygens (including phenoxy) is 3. The Morgan fingerprint density at radius 1 is 1.10 bits per heavy atom. The quantitative estimate of drug-likeness (QED) is 0.643. The second-order valence-electron chi connectivity index (χ2n) is 6.67. The number of fused-ring (bicyclic) bond motifs is 1. The molecule has 0 saturated carbocycles. The number of aromatic nitrogens is 2. The van der Waals surface area contributed by atoms with Crippen molar-refractivity contribution >= 4 is 0 Å². The van der Waals surface area contributed by atoms with Crippen molar-refractivity contribution in [2.24, 2.45) is 5.73 Å². The van der Waals surface area contributed by atoms with Gasteiger partial charge in [0.25, 0.3) is 0 Å². The van der Waals surface area contributed by atoms with Crippen molar-refractivity contribution in [3.63, 3.8) is 0 Å². The predicted molar refractivity (Wildman–Crippen MR) is 112 cm³/mol. The predicted octanol–water partition coefficient (Wildman–Crippen LogP) is 4.09. The summed E-state index contributed by atoms with van der Waals surface area (Å²) < 4.78 is 17.1. The first kappa shape index (κ1) is 19.4. The summed E-state index contributed by atoms with van der Waals surface area (Å²) in [5.41, 5.74) is 9.63. The monoisotopic (exact) mass is 402 g/mol. The third kappa shape index (κ3) is 3.33. The van der Waals surface area contributed by atoms with Crippen LogP contribution in [0.2, 0.25) is 0 Å². The summed E-state index contributed by atoms with van der Waals surface area (Å²) in [5.74, 6) is 1.41. The summed E-state index contributed by atoms with van der Waals surface area (Å²) in [6, 6.07) is 17.5. The second-order valence-corrected chi connectivity index (χ2v) is 6.67. The average molecular weight is 402 g/mol. The number of nitriles is 1. The highest BCUT2D eigenvalue weighted by atomic mass is 16.5. The van der Waals surface area contributed by atoms with Crippen molar-refractivity contribution in [3.8, 4) is 34.7 Å². The van der Waals surface area contributed by atoms with Crippen LogP contribution in [0.5, 0.6) is 17.4 Å². The van der Waals surface area contributed by atoms with E-state index in [1.165, 1.54) is 0 Å². The molecule has 0 bridgehead atoms. The van der Waals surface area contributed by atoms with Gasteiger partial charge in [0.05, 0.1) is 30.4 Å². The average Bonchev–Trinajstić information content (AvgIpc) is 3.17. The Labute approximate surface area is 174 Å². The number of nitrogens with two attached hydrogens (primary N) is 1. The van der Waals surface area contributed by atoms with Crippen LogP contribution in [0.4, 0.5) is 0 Å². The third-order valence-corrected chi connectivity index (χ3v) is 4.92. The molecule has 4 rings (SSSR count). The molecule has 1 atom stereocenters. The lowest BCUT2D eigenvalue weighted by atomic mass is 9.82. The molecule has 7 nitrogen and oxygen atoms in total. The van der Waals surface area contributed by atoms with Crippen LogP contribution in [0.25, 0.3) is 11.3 Å². The summed E-state index contributed by atoms with van der Waals surface area (Å²) in [5, 5.41) is 17.2. The Morgan fingerprint density at radius 2 is 1.83 bits per heavy atom. The summed E-state index contributed by atoms with van der Waals surface area (Å²) >= 11 is 0. The van der Waals surface area contributed by atoms with Crippen LogP contribution in [0.1, 0.15) is 30.9 Å². The fourth-order valence-corrected chi connectivity index (χ4v) is 3.67. The minimum atomic E-state index is -0.471. The van der Waals surface area contributed by atoms with Crippen LogP contribution in [0.15, 0.2) is 60.0 Å². The molecular formula is C23H22N4O3. The van der Waals surface area contributed by atoms with Crippen molar-refractivity contribution in [3.05, 3.63) is 71.1 Å². The molecule has 3 N–H and O–H groups in total. The van der Waals surface area contributed by atoms with Crippen LogP contribution < -0.4 is 19.9 Å². The molecule has 0 amide bonds. The minimum Gasteiger partial charge on any atom is -0.494 e. The Bertz CT molecular complexity index is 1130. The van der Waals surface area contributed by atoms with Crippen LogP contribution >= 0.6 is 0 Å². The number of nitrogens with zero attached hydrogens (tertiary/aromatic N) is 2. The van der Waals surface area contributed by atoms with E-state index in [2.05, 4.69) is 16.3 Å². The van der Waals surface area contributed by atoms with Gasteiger partial charge in [0.1, 0.15) is 23.1 Å². The molecular weight excluding hydrogens is 380 g/mol.